The van der Waals surface area contributed by atoms with E-state index in [1.54, 1.807) is 42.5 Å². The number of amides is 2. The minimum atomic E-state index is -0.454. The number of carbonyl (C=O) groups excluding carboxylic acids is 2. The maximum atomic E-state index is 12.2. The highest BCUT2D eigenvalue weighted by molar-refractivity contribution is 9.10. The van der Waals surface area contributed by atoms with Crippen LogP contribution in [0.3, 0.4) is 0 Å². The van der Waals surface area contributed by atoms with Gasteiger partial charge in [-0.2, -0.15) is 0 Å². The lowest BCUT2D eigenvalue weighted by atomic mass is 10.1. The first-order valence-corrected chi connectivity index (χ1v) is 8.42. The van der Waals surface area contributed by atoms with Gasteiger partial charge < -0.3 is 4.74 Å². The van der Waals surface area contributed by atoms with Crippen LogP contribution in [-0.2, 0) is 11.2 Å². The molecule has 2 aromatic carbocycles. The molecule has 126 valence electrons. The molecular formula is C17H16BrClN2O3. The van der Waals surface area contributed by atoms with E-state index in [0.29, 0.717) is 22.9 Å². The molecule has 0 bridgehead atoms. The number of rotatable bonds is 5. The largest absolute Gasteiger partial charge is 0.493 e. The Hall–Kier alpha value is -2.05. The van der Waals surface area contributed by atoms with E-state index in [1.165, 1.54) is 0 Å². The van der Waals surface area contributed by atoms with Gasteiger partial charge in [0.1, 0.15) is 5.75 Å². The van der Waals surface area contributed by atoms with Gasteiger partial charge in [-0.3, -0.25) is 20.4 Å². The smallest absolute Gasteiger partial charge is 0.273 e. The Morgan fingerprint density at radius 2 is 1.83 bits per heavy atom. The molecule has 0 spiro atoms. The van der Waals surface area contributed by atoms with Gasteiger partial charge in [0.05, 0.1) is 18.6 Å². The monoisotopic (exact) mass is 410 g/mol. The zero-order chi connectivity index (χ0) is 17.5. The number of hydrazine groups is 1. The number of hydrogen-bond acceptors (Lipinski definition) is 3. The first-order chi connectivity index (χ1) is 11.5. The van der Waals surface area contributed by atoms with Gasteiger partial charge in [-0.25, -0.2) is 0 Å². The number of nitrogens with one attached hydrogen (secondary N) is 2. The third-order valence-corrected chi connectivity index (χ3v) is 3.82. The van der Waals surface area contributed by atoms with Crippen molar-refractivity contribution in [3.05, 3.63) is 63.1 Å². The summed E-state index contributed by atoms with van der Waals surface area (Å²) in [6.45, 7) is 2.27. The van der Waals surface area contributed by atoms with Crippen molar-refractivity contribution in [1.82, 2.24) is 10.9 Å². The Morgan fingerprint density at radius 3 is 2.50 bits per heavy atom. The second kappa shape index (κ2) is 8.70. The van der Waals surface area contributed by atoms with Crippen molar-refractivity contribution in [2.75, 3.05) is 6.61 Å². The van der Waals surface area contributed by atoms with Crippen LogP contribution < -0.4 is 15.6 Å². The Bertz CT molecular complexity index is 735. The quantitative estimate of drug-likeness (QED) is 0.740. The third-order valence-electron chi connectivity index (χ3n) is 3.08. The molecule has 0 aliphatic rings. The molecule has 0 heterocycles. The molecule has 0 fully saturated rings. The summed E-state index contributed by atoms with van der Waals surface area (Å²) in [6, 6.07) is 12.0. The number of halogens is 2. The molecular weight excluding hydrogens is 396 g/mol. The van der Waals surface area contributed by atoms with Crippen LogP contribution in [0.2, 0.25) is 5.02 Å². The predicted octanol–water partition coefficient (Wildman–Crippen LogP) is 3.50. The lowest BCUT2D eigenvalue weighted by Crippen LogP contribution is -2.42. The number of hydrogen-bond donors (Lipinski definition) is 2. The maximum Gasteiger partial charge on any atom is 0.273 e. The van der Waals surface area contributed by atoms with Gasteiger partial charge in [-0.15, -0.1) is 0 Å². The van der Waals surface area contributed by atoms with Crippen molar-refractivity contribution in [1.29, 1.82) is 0 Å². The molecule has 0 atom stereocenters. The molecule has 2 amide bonds. The minimum absolute atomic E-state index is 0.133. The summed E-state index contributed by atoms with van der Waals surface area (Å²) < 4.78 is 6.16. The van der Waals surface area contributed by atoms with E-state index in [4.69, 9.17) is 16.3 Å². The molecule has 5 nitrogen and oxygen atoms in total. The summed E-state index contributed by atoms with van der Waals surface area (Å²) in [5.41, 5.74) is 5.91. The molecule has 0 unspecified atom stereocenters. The summed E-state index contributed by atoms with van der Waals surface area (Å²) in [4.78, 5) is 24.2. The lowest BCUT2D eigenvalue weighted by molar-refractivity contribution is -0.121. The van der Waals surface area contributed by atoms with E-state index in [1.807, 2.05) is 6.92 Å². The highest BCUT2D eigenvalue weighted by atomic mass is 79.9. The Labute approximate surface area is 153 Å². The molecule has 0 aromatic heterocycles. The van der Waals surface area contributed by atoms with E-state index >= 15 is 0 Å². The standard InChI is InChI=1S/C17H16BrClN2O3/c1-2-24-15-8-5-12(18)10-14(15)17(23)21-20-16(22)9-11-3-6-13(19)7-4-11/h3-8,10H,2,9H2,1H3,(H,20,22)(H,21,23). The summed E-state index contributed by atoms with van der Waals surface area (Å²) in [5.74, 6) is -0.340. The molecule has 0 aliphatic carbocycles. The van der Waals surface area contributed by atoms with E-state index < -0.39 is 5.91 Å². The second-order valence-corrected chi connectivity index (χ2v) is 6.23. The predicted molar refractivity (Wildman–Crippen MR) is 96.1 cm³/mol. The van der Waals surface area contributed by atoms with E-state index in [-0.39, 0.29) is 12.3 Å². The van der Waals surface area contributed by atoms with Gasteiger partial charge in [0.15, 0.2) is 0 Å². The average molecular weight is 412 g/mol. The lowest BCUT2D eigenvalue weighted by Gasteiger charge is -2.12. The molecule has 0 aliphatic heterocycles. The highest BCUT2D eigenvalue weighted by Crippen LogP contribution is 2.23. The van der Waals surface area contributed by atoms with Crippen LogP contribution in [0.5, 0.6) is 5.75 Å². The zero-order valence-corrected chi connectivity index (χ0v) is 15.3. The van der Waals surface area contributed by atoms with Crippen molar-refractivity contribution in [3.8, 4) is 5.75 Å². The average Bonchev–Trinajstić information content (AvgIpc) is 2.56. The molecule has 0 saturated heterocycles. The van der Waals surface area contributed by atoms with Crippen LogP contribution in [0.1, 0.15) is 22.8 Å². The summed E-state index contributed by atoms with van der Waals surface area (Å²) >= 11 is 9.11. The Balaban J connectivity index is 1.96. The molecule has 24 heavy (non-hydrogen) atoms. The first kappa shape index (κ1) is 18.3. The van der Waals surface area contributed by atoms with Gasteiger partial charge in [-0.05, 0) is 42.8 Å². The van der Waals surface area contributed by atoms with E-state index in [9.17, 15) is 9.59 Å². The van der Waals surface area contributed by atoms with Crippen molar-refractivity contribution < 1.29 is 14.3 Å². The van der Waals surface area contributed by atoms with Crippen molar-refractivity contribution in [2.24, 2.45) is 0 Å². The van der Waals surface area contributed by atoms with Crippen LogP contribution in [0.25, 0.3) is 0 Å². The van der Waals surface area contributed by atoms with Crippen LogP contribution in [0, 0.1) is 0 Å². The molecule has 7 heteroatoms. The molecule has 0 radical (unpaired) electrons. The summed E-state index contributed by atoms with van der Waals surface area (Å²) in [5, 5.41) is 0.602. The van der Waals surface area contributed by atoms with Crippen LogP contribution in [-0.4, -0.2) is 18.4 Å². The van der Waals surface area contributed by atoms with Crippen molar-refractivity contribution in [2.45, 2.75) is 13.3 Å². The fourth-order valence-corrected chi connectivity index (χ4v) is 2.47. The van der Waals surface area contributed by atoms with Crippen LogP contribution >= 0.6 is 27.5 Å². The molecule has 2 N–H and O–H groups in total. The van der Waals surface area contributed by atoms with E-state index in [0.717, 1.165) is 10.0 Å². The number of ether oxygens (including phenoxy) is 1. The normalized spacial score (nSPS) is 10.1. The molecule has 0 saturated carbocycles. The topological polar surface area (TPSA) is 67.4 Å². The van der Waals surface area contributed by atoms with Crippen molar-refractivity contribution >= 4 is 39.3 Å². The number of carbonyl (C=O) groups is 2. The maximum absolute atomic E-state index is 12.2. The van der Waals surface area contributed by atoms with Gasteiger partial charge >= 0.3 is 0 Å². The third kappa shape index (κ3) is 5.25. The zero-order valence-electron chi connectivity index (χ0n) is 12.9. The first-order valence-electron chi connectivity index (χ1n) is 7.25. The highest BCUT2D eigenvalue weighted by Gasteiger charge is 2.14. The van der Waals surface area contributed by atoms with Gasteiger partial charge in [0, 0.05) is 9.50 Å². The Kier molecular flexibility index (Phi) is 6.63. The van der Waals surface area contributed by atoms with Crippen LogP contribution in [0.15, 0.2) is 46.9 Å². The summed E-state index contributed by atoms with van der Waals surface area (Å²) in [6.07, 6.45) is 0.133. The fraction of sp³-hybridized carbons (Fsp3) is 0.176. The number of benzene rings is 2. The van der Waals surface area contributed by atoms with Gasteiger partial charge in [-0.1, -0.05) is 39.7 Å². The van der Waals surface area contributed by atoms with Crippen LogP contribution in [0.4, 0.5) is 0 Å². The summed E-state index contributed by atoms with van der Waals surface area (Å²) in [7, 11) is 0. The molecule has 2 aromatic rings. The van der Waals surface area contributed by atoms with Gasteiger partial charge in [0.25, 0.3) is 5.91 Å². The van der Waals surface area contributed by atoms with E-state index in [2.05, 4.69) is 26.8 Å². The SMILES string of the molecule is CCOc1ccc(Br)cc1C(=O)NNC(=O)Cc1ccc(Cl)cc1. The minimum Gasteiger partial charge on any atom is -0.493 e. The molecule has 2 rings (SSSR count). The Morgan fingerprint density at radius 1 is 1.12 bits per heavy atom. The van der Waals surface area contributed by atoms with Gasteiger partial charge in [0.2, 0.25) is 5.91 Å². The fourth-order valence-electron chi connectivity index (χ4n) is 1.99. The second-order valence-electron chi connectivity index (χ2n) is 4.88. The van der Waals surface area contributed by atoms with Crippen molar-refractivity contribution in [3.63, 3.8) is 0 Å².